The molecule has 182 valence electrons. The van der Waals surface area contributed by atoms with Gasteiger partial charge in [-0.05, 0) is 61.4 Å². The summed E-state index contributed by atoms with van der Waals surface area (Å²) < 4.78 is 40.2. The number of nitrogens with one attached hydrogen (secondary N) is 2. The minimum absolute atomic E-state index is 0.247. The molecule has 0 bridgehead atoms. The molecule has 0 aliphatic carbocycles. The van der Waals surface area contributed by atoms with Crippen molar-refractivity contribution in [3.8, 4) is 16.2 Å². The molecular weight excluding hydrogens is 470 g/mol. The number of hydrogen-bond donors (Lipinski definition) is 2. The number of thiophene rings is 1. The van der Waals surface area contributed by atoms with E-state index in [0.29, 0.717) is 30.1 Å². The van der Waals surface area contributed by atoms with Crippen LogP contribution in [0.5, 0.6) is 5.75 Å². The van der Waals surface area contributed by atoms with Gasteiger partial charge in [-0.2, -0.15) is 0 Å². The summed E-state index contributed by atoms with van der Waals surface area (Å²) in [6.45, 7) is 6.50. The van der Waals surface area contributed by atoms with Crippen molar-refractivity contribution in [3.05, 3.63) is 60.2 Å². The first-order valence-electron chi connectivity index (χ1n) is 11.2. The van der Waals surface area contributed by atoms with E-state index in [1.54, 1.807) is 13.2 Å². The Kier molecular flexibility index (Phi) is 7.47. The summed E-state index contributed by atoms with van der Waals surface area (Å²) in [5.74, 6) is 0.479. The molecule has 1 aliphatic heterocycles. The van der Waals surface area contributed by atoms with E-state index in [9.17, 15) is 8.42 Å². The van der Waals surface area contributed by atoms with Gasteiger partial charge in [0, 0.05) is 42.8 Å². The summed E-state index contributed by atoms with van der Waals surface area (Å²) in [4.78, 5) is 3.14. The molecule has 1 saturated heterocycles. The minimum Gasteiger partial charge on any atom is -0.495 e. The predicted molar refractivity (Wildman–Crippen MR) is 139 cm³/mol. The maximum atomic E-state index is 13.3. The molecule has 1 aromatic heterocycles. The van der Waals surface area contributed by atoms with Crippen LogP contribution in [0.1, 0.15) is 19.4 Å². The molecule has 9 heteroatoms. The van der Waals surface area contributed by atoms with Crippen molar-refractivity contribution < 1.29 is 17.9 Å². The fraction of sp³-hybridized carbons (Fsp3) is 0.360. The zero-order valence-electron chi connectivity index (χ0n) is 19.9. The van der Waals surface area contributed by atoms with Crippen LogP contribution in [0, 0.1) is 0 Å². The normalized spacial score (nSPS) is 18.6. The molecule has 2 heterocycles. The minimum atomic E-state index is -3.79. The highest BCUT2D eigenvalue weighted by Gasteiger charge is 2.24. The van der Waals surface area contributed by atoms with E-state index in [2.05, 4.69) is 28.8 Å². The van der Waals surface area contributed by atoms with Crippen LogP contribution in [0.2, 0.25) is 0 Å². The Bertz CT molecular complexity index is 1230. The highest BCUT2D eigenvalue weighted by Crippen LogP contribution is 2.35. The van der Waals surface area contributed by atoms with Crippen LogP contribution in [0.3, 0.4) is 0 Å². The largest absolute Gasteiger partial charge is 0.495 e. The Morgan fingerprint density at radius 2 is 1.82 bits per heavy atom. The molecule has 7 nitrogen and oxygen atoms in total. The Hall–Kier alpha value is -2.59. The lowest BCUT2D eigenvalue weighted by atomic mass is 10.1. The predicted octanol–water partition coefficient (Wildman–Crippen LogP) is 4.56. The molecule has 34 heavy (non-hydrogen) atoms. The molecule has 1 aliphatic rings. The SMILES string of the molecule is COCc1cccc(-c2ccc(S(=O)(=O)Nc3cc(N4C[C@@H](C)N[C@@H](C)C4)ccc3OC)s2)c1. The first-order valence-corrected chi connectivity index (χ1v) is 13.5. The Morgan fingerprint density at radius 1 is 1.06 bits per heavy atom. The summed E-state index contributed by atoms with van der Waals surface area (Å²) in [7, 11) is -0.596. The Labute approximate surface area is 205 Å². The van der Waals surface area contributed by atoms with E-state index in [1.807, 2.05) is 48.5 Å². The van der Waals surface area contributed by atoms with E-state index < -0.39 is 10.0 Å². The molecule has 0 amide bonds. The van der Waals surface area contributed by atoms with E-state index in [1.165, 1.54) is 18.4 Å². The smallest absolute Gasteiger partial charge is 0.271 e. The van der Waals surface area contributed by atoms with E-state index in [-0.39, 0.29) is 4.21 Å². The van der Waals surface area contributed by atoms with Gasteiger partial charge >= 0.3 is 0 Å². The van der Waals surface area contributed by atoms with Crippen molar-refractivity contribution in [2.75, 3.05) is 36.9 Å². The molecule has 1 fully saturated rings. The zero-order chi connectivity index (χ0) is 24.3. The van der Waals surface area contributed by atoms with Gasteiger partial charge < -0.3 is 19.7 Å². The second kappa shape index (κ2) is 10.4. The molecule has 0 saturated carbocycles. The molecule has 2 N–H and O–H groups in total. The number of sulfonamides is 1. The fourth-order valence-electron chi connectivity index (χ4n) is 4.31. The average molecular weight is 502 g/mol. The number of benzene rings is 2. The topological polar surface area (TPSA) is 79.9 Å². The van der Waals surface area contributed by atoms with Crippen LogP contribution in [0.15, 0.2) is 58.8 Å². The van der Waals surface area contributed by atoms with E-state index in [4.69, 9.17) is 9.47 Å². The van der Waals surface area contributed by atoms with Crippen LogP contribution in [-0.2, 0) is 21.4 Å². The van der Waals surface area contributed by atoms with Gasteiger partial charge in [0.25, 0.3) is 10.0 Å². The van der Waals surface area contributed by atoms with Gasteiger partial charge in [-0.1, -0.05) is 18.2 Å². The summed E-state index contributed by atoms with van der Waals surface area (Å²) in [5.41, 5.74) is 3.38. The third-order valence-corrected chi connectivity index (χ3v) is 8.71. The Balaban J connectivity index is 1.59. The maximum Gasteiger partial charge on any atom is 0.271 e. The second-order valence-electron chi connectivity index (χ2n) is 8.62. The van der Waals surface area contributed by atoms with Crippen LogP contribution in [0.4, 0.5) is 11.4 Å². The molecule has 0 unspecified atom stereocenters. The van der Waals surface area contributed by atoms with Crippen molar-refractivity contribution in [1.29, 1.82) is 0 Å². The number of anilines is 2. The van der Waals surface area contributed by atoms with Gasteiger partial charge in [0.15, 0.2) is 0 Å². The summed E-state index contributed by atoms with van der Waals surface area (Å²) in [5, 5.41) is 3.52. The van der Waals surface area contributed by atoms with Crippen molar-refractivity contribution in [3.63, 3.8) is 0 Å². The standard InChI is InChI=1S/C25H31N3O4S2/c1-17-14-28(15-18(2)26-17)21-8-9-23(32-4)22(13-21)27-34(29,30)25-11-10-24(33-25)20-7-5-6-19(12-20)16-31-3/h5-13,17-18,26-27H,14-16H2,1-4H3/t17-,18+. The molecule has 3 aromatic rings. The van der Waals surface area contributed by atoms with E-state index >= 15 is 0 Å². The highest BCUT2D eigenvalue weighted by atomic mass is 32.2. The monoisotopic (exact) mass is 501 g/mol. The van der Waals surface area contributed by atoms with Gasteiger partial charge in [0.05, 0.1) is 19.4 Å². The fourth-order valence-corrected chi connectivity index (χ4v) is 6.67. The van der Waals surface area contributed by atoms with Crippen LogP contribution in [-0.4, -0.2) is 47.8 Å². The average Bonchev–Trinajstić information content (AvgIpc) is 3.30. The Morgan fingerprint density at radius 3 is 2.53 bits per heavy atom. The van der Waals surface area contributed by atoms with E-state index in [0.717, 1.165) is 34.8 Å². The molecule has 4 rings (SSSR count). The summed E-state index contributed by atoms with van der Waals surface area (Å²) in [6.07, 6.45) is 0. The highest BCUT2D eigenvalue weighted by molar-refractivity contribution is 7.94. The number of rotatable bonds is 8. The van der Waals surface area contributed by atoms with Crippen molar-refractivity contribution >= 4 is 32.7 Å². The van der Waals surface area contributed by atoms with Crippen LogP contribution < -0.4 is 19.7 Å². The third kappa shape index (κ3) is 5.55. The number of nitrogens with zero attached hydrogens (tertiary/aromatic N) is 1. The molecule has 2 aromatic carbocycles. The van der Waals surface area contributed by atoms with Crippen molar-refractivity contribution in [2.24, 2.45) is 0 Å². The second-order valence-corrected chi connectivity index (χ2v) is 11.6. The quantitative estimate of drug-likeness (QED) is 0.471. The lowest BCUT2D eigenvalue weighted by molar-refractivity contribution is 0.185. The number of hydrogen-bond acceptors (Lipinski definition) is 7. The summed E-state index contributed by atoms with van der Waals surface area (Å²) >= 11 is 1.23. The number of ether oxygens (including phenoxy) is 2. The lowest BCUT2D eigenvalue weighted by Crippen LogP contribution is -2.54. The van der Waals surface area contributed by atoms with Crippen molar-refractivity contribution in [2.45, 2.75) is 36.7 Å². The number of methoxy groups -OCH3 is 2. The molecule has 0 spiro atoms. The van der Waals surface area contributed by atoms with Gasteiger partial charge in [-0.25, -0.2) is 8.42 Å². The van der Waals surface area contributed by atoms with Gasteiger partial charge in [-0.15, -0.1) is 11.3 Å². The van der Waals surface area contributed by atoms with Gasteiger partial charge in [0.1, 0.15) is 9.96 Å². The molecule has 2 atom stereocenters. The molecule has 0 radical (unpaired) electrons. The van der Waals surface area contributed by atoms with Crippen LogP contribution >= 0.6 is 11.3 Å². The van der Waals surface area contributed by atoms with Crippen molar-refractivity contribution in [1.82, 2.24) is 5.32 Å². The lowest BCUT2D eigenvalue weighted by Gasteiger charge is -2.38. The first kappa shape index (κ1) is 24.5. The molecular formula is C25H31N3O4S2. The first-order chi connectivity index (χ1) is 16.3. The maximum absolute atomic E-state index is 13.3. The summed E-state index contributed by atoms with van der Waals surface area (Å²) in [6, 6.07) is 17.7. The van der Waals surface area contributed by atoms with Crippen LogP contribution in [0.25, 0.3) is 10.4 Å². The number of piperazine rings is 1. The van der Waals surface area contributed by atoms with Gasteiger partial charge in [-0.3, -0.25) is 4.72 Å². The zero-order valence-corrected chi connectivity index (χ0v) is 21.5. The van der Waals surface area contributed by atoms with Gasteiger partial charge in [0.2, 0.25) is 0 Å². The third-order valence-electron chi connectivity index (χ3n) is 5.72.